The lowest BCUT2D eigenvalue weighted by atomic mass is 9.98. The first kappa shape index (κ1) is 20.6. The summed E-state index contributed by atoms with van der Waals surface area (Å²) < 4.78 is 34.3. The Morgan fingerprint density at radius 3 is 2.82 bits per heavy atom. The molecule has 28 heavy (non-hydrogen) atoms. The molecule has 3 rings (SSSR count). The second-order valence-electron chi connectivity index (χ2n) is 7.74. The third-order valence-corrected chi connectivity index (χ3v) is 5.36. The largest absolute Gasteiger partial charge is 0.384 e. The number of halogens is 2. The minimum atomic E-state index is -2.88. The molecule has 1 aliphatic rings. The number of nitrogens with zero attached hydrogens (tertiary/aromatic N) is 2. The van der Waals surface area contributed by atoms with Crippen molar-refractivity contribution in [2.24, 2.45) is 5.92 Å². The lowest BCUT2D eigenvalue weighted by Crippen LogP contribution is -2.21. The van der Waals surface area contributed by atoms with Gasteiger partial charge in [-0.25, -0.2) is 4.98 Å². The Balaban J connectivity index is 1.41. The van der Waals surface area contributed by atoms with Crippen LogP contribution in [-0.4, -0.2) is 22.7 Å². The number of ether oxygens (including phenoxy) is 1. The van der Waals surface area contributed by atoms with Crippen LogP contribution in [0.4, 0.5) is 14.6 Å². The standard InChI is InChI=1S/C22H29F2N3O/c1-16-13-18(27-21(25)14-16)15-17-7-6-8-19(17)28-12-5-3-10-22(23,24)20-9-2-4-11-26-20/h2,4,9,11,13-14,17,19H,3,5-8,10,12,15H2,1H3,(H2,25,27)/t17-,19-/m0/s1. The first-order valence-electron chi connectivity index (χ1n) is 10.1. The maximum Gasteiger partial charge on any atom is 0.289 e. The van der Waals surface area contributed by atoms with E-state index in [1.54, 1.807) is 12.1 Å². The van der Waals surface area contributed by atoms with Gasteiger partial charge in [0, 0.05) is 24.9 Å². The molecule has 0 spiro atoms. The Morgan fingerprint density at radius 2 is 2.07 bits per heavy atom. The van der Waals surface area contributed by atoms with E-state index in [1.807, 2.05) is 13.0 Å². The second-order valence-corrected chi connectivity index (χ2v) is 7.74. The highest BCUT2D eigenvalue weighted by atomic mass is 19.3. The highest BCUT2D eigenvalue weighted by Crippen LogP contribution is 2.33. The molecule has 4 nitrogen and oxygen atoms in total. The van der Waals surface area contributed by atoms with Crippen LogP contribution >= 0.6 is 0 Å². The van der Waals surface area contributed by atoms with Crippen molar-refractivity contribution in [2.45, 2.75) is 63.9 Å². The molecule has 0 aromatic carbocycles. The van der Waals surface area contributed by atoms with Crippen LogP contribution in [0.25, 0.3) is 0 Å². The van der Waals surface area contributed by atoms with E-state index < -0.39 is 5.92 Å². The van der Waals surface area contributed by atoms with Gasteiger partial charge in [-0.2, -0.15) is 8.78 Å². The lowest BCUT2D eigenvalue weighted by molar-refractivity contribution is -0.0248. The van der Waals surface area contributed by atoms with E-state index in [1.165, 1.54) is 12.3 Å². The molecule has 6 heteroatoms. The quantitative estimate of drug-likeness (QED) is 0.609. The van der Waals surface area contributed by atoms with Crippen LogP contribution in [0, 0.1) is 12.8 Å². The first-order chi connectivity index (χ1) is 13.4. The van der Waals surface area contributed by atoms with Crippen molar-refractivity contribution in [3.63, 3.8) is 0 Å². The molecule has 0 saturated heterocycles. The average molecular weight is 389 g/mol. The van der Waals surface area contributed by atoms with Crippen LogP contribution < -0.4 is 5.73 Å². The van der Waals surface area contributed by atoms with Crippen molar-refractivity contribution in [3.8, 4) is 0 Å². The molecule has 2 atom stereocenters. The van der Waals surface area contributed by atoms with Crippen molar-refractivity contribution in [1.29, 1.82) is 0 Å². The molecule has 152 valence electrons. The Bertz CT molecular complexity index is 734. The minimum absolute atomic E-state index is 0.156. The van der Waals surface area contributed by atoms with Crippen molar-refractivity contribution in [2.75, 3.05) is 12.3 Å². The number of pyridine rings is 2. The lowest BCUT2D eigenvalue weighted by Gasteiger charge is -2.21. The summed E-state index contributed by atoms with van der Waals surface area (Å²) in [6.07, 6.45) is 6.55. The summed E-state index contributed by atoms with van der Waals surface area (Å²) >= 11 is 0. The third kappa shape index (κ3) is 5.71. The van der Waals surface area contributed by atoms with E-state index in [4.69, 9.17) is 10.5 Å². The number of anilines is 1. The van der Waals surface area contributed by atoms with E-state index in [9.17, 15) is 8.78 Å². The van der Waals surface area contributed by atoms with Gasteiger partial charge in [0.1, 0.15) is 11.5 Å². The van der Waals surface area contributed by atoms with Crippen molar-refractivity contribution in [3.05, 3.63) is 53.5 Å². The number of nitrogens with two attached hydrogens (primary N) is 1. The van der Waals surface area contributed by atoms with Gasteiger partial charge < -0.3 is 10.5 Å². The van der Waals surface area contributed by atoms with Gasteiger partial charge in [0.2, 0.25) is 0 Å². The van der Waals surface area contributed by atoms with Gasteiger partial charge in [0.15, 0.2) is 0 Å². The molecule has 0 aliphatic heterocycles. The predicted molar refractivity (Wildman–Crippen MR) is 106 cm³/mol. The molecule has 2 heterocycles. The van der Waals surface area contributed by atoms with Crippen LogP contribution in [0.5, 0.6) is 0 Å². The molecular formula is C22H29F2N3O. The SMILES string of the molecule is Cc1cc(N)nc(C[C@@H]2CCC[C@@H]2OCCCCC(F)(F)c2ccccn2)c1. The summed E-state index contributed by atoms with van der Waals surface area (Å²) in [7, 11) is 0. The number of hydrogen-bond acceptors (Lipinski definition) is 4. The number of alkyl halides is 2. The maximum atomic E-state index is 14.1. The molecule has 1 saturated carbocycles. The fourth-order valence-corrected chi connectivity index (χ4v) is 3.99. The van der Waals surface area contributed by atoms with Crippen LogP contribution in [0.1, 0.15) is 55.5 Å². The van der Waals surface area contributed by atoms with Gasteiger partial charge >= 0.3 is 0 Å². The summed E-state index contributed by atoms with van der Waals surface area (Å²) in [6, 6.07) is 8.56. The zero-order chi connectivity index (χ0) is 20.0. The summed E-state index contributed by atoms with van der Waals surface area (Å²) in [5, 5.41) is 0. The van der Waals surface area contributed by atoms with Crippen LogP contribution in [0.15, 0.2) is 36.5 Å². The number of aryl methyl sites for hydroxylation is 1. The second kappa shape index (κ2) is 9.41. The molecule has 0 amide bonds. The number of nitrogen functional groups attached to an aromatic ring is 1. The zero-order valence-corrected chi connectivity index (χ0v) is 16.4. The number of aromatic nitrogens is 2. The normalized spacial score (nSPS) is 19.8. The van der Waals surface area contributed by atoms with Gasteiger partial charge in [-0.3, -0.25) is 4.98 Å². The van der Waals surface area contributed by atoms with E-state index in [0.29, 0.717) is 31.2 Å². The molecule has 2 aromatic heterocycles. The topological polar surface area (TPSA) is 61.0 Å². The van der Waals surface area contributed by atoms with E-state index in [0.717, 1.165) is 36.9 Å². The van der Waals surface area contributed by atoms with E-state index >= 15 is 0 Å². The first-order valence-corrected chi connectivity index (χ1v) is 10.1. The molecule has 1 fully saturated rings. The van der Waals surface area contributed by atoms with Crippen molar-refractivity contribution in [1.82, 2.24) is 9.97 Å². The Morgan fingerprint density at radius 1 is 1.21 bits per heavy atom. The number of unbranched alkanes of at least 4 members (excludes halogenated alkanes) is 1. The molecular weight excluding hydrogens is 360 g/mol. The van der Waals surface area contributed by atoms with Crippen LogP contribution in [0.3, 0.4) is 0 Å². The molecule has 0 unspecified atom stereocenters. The maximum absolute atomic E-state index is 14.1. The molecule has 2 N–H and O–H groups in total. The summed E-state index contributed by atoms with van der Waals surface area (Å²) in [5.74, 6) is -1.91. The average Bonchev–Trinajstić information content (AvgIpc) is 3.08. The van der Waals surface area contributed by atoms with Gasteiger partial charge in [-0.05, 0) is 74.8 Å². The Hall–Kier alpha value is -2.08. The van der Waals surface area contributed by atoms with Gasteiger partial charge in [0.05, 0.1) is 6.10 Å². The Labute approximate surface area is 165 Å². The predicted octanol–water partition coefficient (Wildman–Crippen LogP) is 5.06. The van der Waals surface area contributed by atoms with Crippen molar-refractivity contribution < 1.29 is 13.5 Å². The molecule has 0 bridgehead atoms. The molecule has 2 aromatic rings. The van der Waals surface area contributed by atoms with Gasteiger partial charge in [-0.15, -0.1) is 0 Å². The van der Waals surface area contributed by atoms with Gasteiger partial charge in [0.25, 0.3) is 5.92 Å². The Kier molecular flexibility index (Phi) is 6.94. The van der Waals surface area contributed by atoms with Crippen LogP contribution in [0.2, 0.25) is 0 Å². The minimum Gasteiger partial charge on any atom is -0.384 e. The van der Waals surface area contributed by atoms with Crippen LogP contribution in [-0.2, 0) is 17.1 Å². The molecule has 0 radical (unpaired) electrons. The fourth-order valence-electron chi connectivity index (χ4n) is 3.99. The summed E-state index contributed by atoms with van der Waals surface area (Å²) in [5.41, 5.74) is 7.82. The third-order valence-electron chi connectivity index (χ3n) is 5.36. The highest BCUT2D eigenvalue weighted by molar-refractivity contribution is 5.34. The molecule has 1 aliphatic carbocycles. The highest BCUT2D eigenvalue weighted by Gasteiger charge is 2.32. The summed E-state index contributed by atoms with van der Waals surface area (Å²) in [6.45, 7) is 2.54. The van der Waals surface area contributed by atoms with Crippen molar-refractivity contribution >= 4 is 5.82 Å². The monoisotopic (exact) mass is 389 g/mol. The smallest absolute Gasteiger partial charge is 0.289 e. The number of hydrogen-bond donors (Lipinski definition) is 1. The zero-order valence-electron chi connectivity index (χ0n) is 16.4. The number of rotatable bonds is 9. The fraction of sp³-hybridized carbons (Fsp3) is 0.545. The van der Waals surface area contributed by atoms with Gasteiger partial charge in [-0.1, -0.05) is 12.5 Å². The summed E-state index contributed by atoms with van der Waals surface area (Å²) in [4.78, 5) is 8.21. The van der Waals surface area contributed by atoms with E-state index in [-0.39, 0.29) is 18.2 Å². The van der Waals surface area contributed by atoms with E-state index in [2.05, 4.69) is 16.0 Å².